The van der Waals surface area contributed by atoms with E-state index < -0.39 is 153 Å². The average Bonchev–Trinajstić information content (AvgIpc) is 3.71. The van der Waals surface area contributed by atoms with Crippen molar-refractivity contribution in [3.63, 3.8) is 0 Å². The highest BCUT2D eigenvalue weighted by Crippen LogP contribution is 2.42. The van der Waals surface area contributed by atoms with Crippen LogP contribution in [0.2, 0.25) is 0 Å². The summed E-state index contributed by atoms with van der Waals surface area (Å²) in [6.07, 6.45) is -19.8. The predicted molar refractivity (Wildman–Crippen MR) is 190 cm³/mol. The van der Waals surface area contributed by atoms with Gasteiger partial charge in [-0.05, 0) is 62.3 Å². The van der Waals surface area contributed by atoms with Crippen molar-refractivity contribution < 1.29 is 104 Å². The molecule has 0 aromatic rings. The standard InChI is InChI=1S/C36H66O21/c1-30(2,3)48-10-18-22(40)26(44)33(14-37,53-18)50-12-21-25(43)29(47)36(56-21,51-13-20-24(42)28(46)35(16-39,55-20)57-32(7,8)9)17-52-34(15-38)27(45)23(41)19(54-34)11-49-31(4,5)6/h18-29,37-47H,10-17H2,1-9H3. The van der Waals surface area contributed by atoms with Gasteiger partial charge in [0.05, 0.1) is 43.2 Å². The summed E-state index contributed by atoms with van der Waals surface area (Å²) in [5, 5.41) is 119. The maximum atomic E-state index is 11.6. The van der Waals surface area contributed by atoms with Crippen LogP contribution in [-0.4, -0.2) is 222 Å². The molecule has 4 aliphatic rings. The summed E-state index contributed by atoms with van der Waals surface area (Å²) in [4.78, 5) is 0. The second-order valence-electron chi connectivity index (χ2n) is 18.1. The maximum absolute atomic E-state index is 11.6. The van der Waals surface area contributed by atoms with Gasteiger partial charge in [0.2, 0.25) is 23.1 Å². The van der Waals surface area contributed by atoms with Gasteiger partial charge in [-0.3, -0.25) is 0 Å². The Morgan fingerprint density at radius 3 is 1.07 bits per heavy atom. The van der Waals surface area contributed by atoms with E-state index in [1.807, 2.05) is 0 Å². The maximum Gasteiger partial charge on any atom is 0.222 e. The highest BCUT2D eigenvalue weighted by atomic mass is 16.8. The Bertz CT molecular complexity index is 1290. The van der Waals surface area contributed by atoms with E-state index in [4.69, 9.17) is 47.4 Å². The Hall–Kier alpha value is -0.840. The van der Waals surface area contributed by atoms with Crippen LogP contribution in [0.3, 0.4) is 0 Å². The second kappa shape index (κ2) is 17.9. The molecule has 16 atom stereocenters. The molecule has 57 heavy (non-hydrogen) atoms. The van der Waals surface area contributed by atoms with Gasteiger partial charge in [0.25, 0.3) is 0 Å². The van der Waals surface area contributed by atoms with Crippen molar-refractivity contribution in [2.24, 2.45) is 0 Å². The Morgan fingerprint density at radius 1 is 0.404 bits per heavy atom. The van der Waals surface area contributed by atoms with Crippen molar-refractivity contribution in [3.8, 4) is 0 Å². The van der Waals surface area contributed by atoms with Crippen LogP contribution in [0.15, 0.2) is 0 Å². The molecule has 4 fully saturated rings. The van der Waals surface area contributed by atoms with Gasteiger partial charge in [0.15, 0.2) is 0 Å². The van der Waals surface area contributed by atoms with Crippen molar-refractivity contribution >= 4 is 0 Å². The lowest BCUT2D eigenvalue weighted by molar-refractivity contribution is -0.351. The Balaban J connectivity index is 1.59. The Morgan fingerprint density at radius 2 is 0.702 bits per heavy atom. The van der Waals surface area contributed by atoms with Crippen molar-refractivity contribution in [2.75, 3.05) is 52.9 Å². The van der Waals surface area contributed by atoms with Gasteiger partial charge in [-0.15, -0.1) is 0 Å². The van der Waals surface area contributed by atoms with E-state index in [0.29, 0.717) is 0 Å². The van der Waals surface area contributed by atoms with Crippen molar-refractivity contribution in [1.82, 2.24) is 0 Å². The van der Waals surface area contributed by atoms with Crippen LogP contribution in [0.1, 0.15) is 62.3 Å². The van der Waals surface area contributed by atoms with Gasteiger partial charge in [-0.1, -0.05) is 0 Å². The quantitative estimate of drug-likeness (QED) is 0.0661. The molecule has 0 aliphatic carbocycles. The van der Waals surface area contributed by atoms with E-state index in [9.17, 15) is 56.2 Å². The third-order valence-electron chi connectivity index (χ3n) is 10.0. The van der Waals surface area contributed by atoms with Crippen LogP contribution in [0, 0.1) is 0 Å². The fourth-order valence-electron chi connectivity index (χ4n) is 6.94. The summed E-state index contributed by atoms with van der Waals surface area (Å²) >= 11 is 0. The monoisotopic (exact) mass is 834 g/mol. The summed E-state index contributed by atoms with van der Waals surface area (Å²) in [6, 6.07) is 0. The summed E-state index contributed by atoms with van der Waals surface area (Å²) < 4.78 is 58.2. The van der Waals surface area contributed by atoms with Crippen molar-refractivity contribution in [2.45, 2.75) is 176 Å². The van der Waals surface area contributed by atoms with Gasteiger partial charge in [-0.2, -0.15) is 0 Å². The SMILES string of the molecule is CC(C)(C)OCC1OC(CO)(OCC2OC(COC3(CO)OC(COC(C)(C)C)C(O)C3O)(OCC3OC(CO)(OC(C)(C)C)C(O)C3O)C(O)C2O)C(O)C1O. The first-order valence-corrected chi connectivity index (χ1v) is 19.0. The Labute approximate surface area is 331 Å². The molecule has 4 heterocycles. The third kappa shape index (κ3) is 10.6. The predicted octanol–water partition coefficient (Wildman–Crippen LogP) is -4.27. The highest BCUT2D eigenvalue weighted by Gasteiger charge is 2.63. The molecule has 0 spiro atoms. The zero-order valence-corrected chi connectivity index (χ0v) is 34.1. The first kappa shape index (κ1) is 48.8. The van der Waals surface area contributed by atoms with Gasteiger partial charge in [-0.25, -0.2) is 0 Å². The molecule has 21 heteroatoms. The number of ether oxygens (including phenoxy) is 10. The molecule has 0 aromatic heterocycles. The minimum atomic E-state index is -2.50. The lowest BCUT2D eigenvalue weighted by atomic mass is 10.0. The smallest absolute Gasteiger partial charge is 0.222 e. The first-order chi connectivity index (χ1) is 26.1. The van der Waals surface area contributed by atoms with E-state index in [1.165, 1.54) is 0 Å². The fraction of sp³-hybridized carbons (Fsp3) is 1.00. The summed E-state index contributed by atoms with van der Waals surface area (Å²) in [5.41, 5.74) is -2.30. The Kier molecular flexibility index (Phi) is 15.3. The molecule has 0 bridgehead atoms. The molecule has 4 rings (SSSR count). The van der Waals surface area contributed by atoms with Crippen LogP contribution >= 0.6 is 0 Å². The molecule has 0 amide bonds. The van der Waals surface area contributed by atoms with Gasteiger partial charge < -0.3 is 104 Å². The zero-order valence-electron chi connectivity index (χ0n) is 34.1. The number of hydrogen-bond donors (Lipinski definition) is 11. The topological polar surface area (TPSA) is 315 Å². The van der Waals surface area contributed by atoms with Gasteiger partial charge in [0.1, 0.15) is 99.7 Å². The molecule has 336 valence electrons. The minimum Gasteiger partial charge on any atom is -0.391 e. The molecule has 11 N–H and O–H groups in total. The second-order valence-corrected chi connectivity index (χ2v) is 18.1. The van der Waals surface area contributed by atoms with E-state index >= 15 is 0 Å². The molecule has 0 saturated carbocycles. The normalized spacial score (nSPS) is 44.4. The highest BCUT2D eigenvalue weighted by molar-refractivity contribution is 5.03. The number of aliphatic hydroxyl groups excluding tert-OH is 11. The van der Waals surface area contributed by atoms with Crippen LogP contribution in [-0.2, 0) is 47.4 Å². The molecule has 16 unspecified atom stereocenters. The molecular weight excluding hydrogens is 768 g/mol. The molecule has 4 aliphatic heterocycles. The first-order valence-electron chi connectivity index (χ1n) is 19.0. The minimum absolute atomic E-state index is 0.192. The van der Waals surface area contributed by atoms with Crippen LogP contribution in [0.25, 0.3) is 0 Å². The van der Waals surface area contributed by atoms with Gasteiger partial charge in [0, 0.05) is 0 Å². The van der Waals surface area contributed by atoms with E-state index in [1.54, 1.807) is 62.3 Å². The lowest BCUT2D eigenvalue weighted by Gasteiger charge is -2.38. The number of rotatable bonds is 17. The number of aliphatic hydroxyl groups is 11. The zero-order chi connectivity index (χ0) is 43.2. The van der Waals surface area contributed by atoms with Crippen LogP contribution in [0.5, 0.6) is 0 Å². The van der Waals surface area contributed by atoms with Crippen molar-refractivity contribution in [1.29, 1.82) is 0 Å². The lowest BCUT2D eigenvalue weighted by Crippen LogP contribution is -2.56. The molecule has 21 nitrogen and oxygen atoms in total. The van der Waals surface area contributed by atoms with Crippen LogP contribution < -0.4 is 0 Å². The largest absolute Gasteiger partial charge is 0.391 e. The molecule has 4 saturated heterocycles. The summed E-state index contributed by atoms with van der Waals surface area (Å²) in [7, 11) is 0. The summed E-state index contributed by atoms with van der Waals surface area (Å²) in [6.45, 7) is 9.63. The van der Waals surface area contributed by atoms with E-state index in [2.05, 4.69) is 0 Å². The fourth-order valence-corrected chi connectivity index (χ4v) is 6.94. The molecule has 0 aromatic carbocycles. The average molecular weight is 835 g/mol. The summed E-state index contributed by atoms with van der Waals surface area (Å²) in [5.74, 6) is -9.22. The number of hydrogen-bond acceptors (Lipinski definition) is 21. The van der Waals surface area contributed by atoms with E-state index in [0.717, 1.165) is 0 Å². The third-order valence-corrected chi connectivity index (χ3v) is 10.0. The van der Waals surface area contributed by atoms with E-state index in [-0.39, 0.29) is 13.2 Å². The molecule has 0 radical (unpaired) electrons. The van der Waals surface area contributed by atoms with Gasteiger partial charge >= 0.3 is 0 Å². The molecular formula is C36H66O21. The van der Waals surface area contributed by atoms with Crippen LogP contribution in [0.4, 0.5) is 0 Å². The van der Waals surface area contributed by atoms with Crippen molar-refractivity contribution in [3.05, 3.63) is 0 Å².